The second-order valence-corrected chi connectivity index (χ2v) is 8.76. The van der Waals surface area contributed by atoms with Gasteiger partial charge in [-0.25, -0.2) is 4.98 Å². The molecule has 1 aliphatic heterocycles. The Balaban J connectivity index is 1.41. The number of piperazine rings is 1. The van der Waals surface area contributed by atoms with Gasteiger partial charge < -0.3 is 20.3 Å². The van der Waals surface area contributed by atoms with Gasteiger partial charge in [0.05, 0.1) is 19.3 Å². The molecule has 0 radical (unpaired) electrons. The third kappa shape index (κ3) is 5.11. The van der Waals surface area contributed by atoms with Crippen LogP contribution in [0.1, 0.15) is 17.8 Å². The van der Waals surface area contributed by atoms with Gasteiger partial charge in [0.25, 0.3) is 5.78 Å². The lowest BCUT2D eigenvalue weighted by Gasteiger charge is -2.34. The number of hydrogen-bond acceptors (Lipinski definition) is 8. The summed E-state index contributed by atoms with van der Waals surface area (Å²) in [6.45, 7) is 4.46. The van der Waals surface area contributed by atoms with Gasteiger partial charge >= 0.3 is 0 Å². The molecule has 2 aromatic heterocycles. The van der Waals surface area contributed by atoms with E-state index in [9.17, 15) is 14.4 Å². The number of anilines is 1. The highest BCUT2D eigenvalue weighted by atomic mass is 32.2. The molecule has 11 nitrogen and oxygen atoms in total. The molecule has 0 bridgehead atoms. The number of hydrogen-bond donors (Lipinski definition) is 2. The number of ether oxygens (including phenoxy) is 1. The number of amides is 3. The topological polar surface area (TPSA) is 131 Å². The molecule has 1 aromatic carbocycles. The van der Waals surface area contributed by atoms with Gasteiger partial charge in [0, 0.05) is 30.2 Å². The Bertz CT molecular complexity index is 1230. The van der Waals surface area contributed by atoms with E-state index in [-0.39, 0.29) is 29.9 Å². The normalized spacial score (nSPS) is 15.8. The van der Waals surface area contributed by atoms with Crippen LogP contribution < -0.4 is 15.4 Å². The maximum absolute atomic E-state index is 13.0. The Morgan fingerprint density at radius 1 is 1.24 bits per heavy atom. The molecular formula is C22H25N7O4S. The Hall–Kier alpha value is -3.67. The Kier molecular flexibility index (Phi) is 6.96. The number of carbonyl (C=O) groups excluding carboxylic acids is 3. The maximum Gasteiger partial charge on any atom is 0.256 e. The summed E-state index contributed by atoms with van der Waals surface area (Å²) >= 11 is 1.22. The minimum absolute atomic E-state index is 0.0536. The summed E-state index contributed by atoms with van der Waals surface area (Å²) < 4.78 is 6.90. The summed E-state index contributed by atoms with van der Waals surface area (Å²) in [6.07, 6.45) is -0.148. The minimum atomic E-state index is -0.888. The number of benzene rings is 1. The summed E-state index contributed by atoms with van der Waals surface area (Å²) in [5.41, 5.74) is 2.32. The molecule has 1 aliphatic rings. The average Bonchev–Trinajstić information content (AvgIpc) is 3.22. The zero-order valence-corrected chi connectivity index (χ0v) is 19.9. The fourth-order valence-corrected chi connectivity index (χ4v) is 4.65. The van der Waals surface area contributed by atoms with Crippen LogP contribution in [-0.2, 0) is 14.4 Å². The number of rotatable bonds is 7. The van der Waals surface area contributed by atoms with Gasteiger partial charge in [0.2, 0.25) is 17.7 Å². The number of nitrogens with one attached hydrogen (secondary N) is 2. The highest BCUT2D eigenvalue weighted by Crippen LogP contribution is 2.21. The van der Waals surface area contributed by atoms with Crippen molar-refractivity contribution in [1.82, 2.24) is 29.8 Å². The molecule has 3 heterocycles. The Morgan fingerprint density at radius 2 is 2.00 bits per heavy atom. The Morgan fingerprint density at radius 3 is 2.74 bits per heavy atom. The number of nitrogens with zero attached hydrogens (tertiary/aromatic N) is 5. The summed E-state index contributed by atoms with van der Waals surface area (Å²) in [4.78, 5) is 44.0. The number of carbonyl (C=O) groups is 3. The van der Waals surface area contributed by atoms with Gasteiger partial charge in [-0.1, -0.05) is 11.8 Å². The van der Waals surface area contributed by atoms with E-state index in [0.29, 0.717) is 35.5 Å². The van der Waals surface area contributed by atoms with Crippen LogP contribution in [0.2, 0.25) is 0 Å². The van der Waals surface area contributed by atoms with Crippen LogP contribution in [0.5, 0.6) is 5.75 Å². The van der Waals surface area contributed by atoms with Crippen molar-refractivity contribution in [3.63, 3.8) is 0 Å². The molecule has 0 spiro atoms. The molecule has 178 valence electrons. The van der Waals surface area contributed by atoms with Crippen LogP contribution >= 0.6 is 11.8 Å². The van der Waals surface area contributed by atoms with Crippen molar-refractivity contribution in [2.45, 2.75) is 31.5 Å². The zero-order valence-electron chi connectivity index (χ0n) is 19.1. The summed E-state index contributed by atoms with van der Waals surface area (Å²) in [7, 11) is 1.56. The first-order chi connectivity index (χ1) is 16.4. The Labute approximate surface area is 200 Å². The molecule has 4 rings (SSSR count). The molecular weight excluding hydrogens is 458 g/mol. The second kappa shape index (κ2) is 10.1. The quantitative estimate of drug-likeness (QED) is 0.480. The smallest absolute Gasteiger partial charge is 0.256 e. The summed E-state index contributed by atoms with van der Waals surface area (Å²) in [5, 5.41) is 14.3. The number of aromatic nitrogens is 4. The van der Waals surface area contributed by atoms with E-state index >= 15 is 0 Å². The molecule has 1 saturated heterocycles. The van der Waals surface area contributed by atoms with Crippen LogP contribution in [0.4, 0.5) is 5.69 Å². The number of thioether (sulfide) groups is 1. The van der Waals surface area contributed by atoms with E-state index in [4.69, 9.17) is 4.74 Å². The van der Waals surface area contributed by atoms with Crippen LogP contribution in [0.3, 0.4) is 0 Å². The van der Waals surface area contributed by atoms with Crippen molar-refractivity contribution in [3.8, 4) is 5.75 Å². The van der Waals surface area contributed by atoms with E-state index in [0.717, 1.165) is 11.4 Å². The monoisotopic (exact) mass is 483 g/mol. The zero-order chi connectivity index (χ0) is 24.2. The van der Waals surface area contributed by atoms with E-state index in [1.54, 1.807) is 35.8 Å². The van der Waals surface area contributed by atoms with Gasteiger partial charge in [-0.2, -0.15) is 0 Å². The third-order valence-corrected chi connectivity index (χ3v) is 6.31. The molecule has 0 aliphatic carbocycles. The summed E-state index contributed by atoms with van der Waals surface area (Å²) in [6, 6.07) is 7.89. The molecule has 3 amide bonds. The lowest BCUT2D eigenvalue weighted by atomic mass is 10.1. The van der Waals surface area contributed by atoms with E-state index in [1.807, 2.05) is 19.9 Å². The molecule has 0 saturated carbocycles. The number of fused-ring (bicyclic) bond motifs is 1. The van der Waals surface area contributed by atoms with Gasteiger partial charge in [0.15, 0.2) is 5.16 Å². The average molecular weight is 484 g/mol. The molecule has 1 atom stereocenters. The fourth-order valence-electron chi connectivity index (χ4n) is 3.78. The highest BCUT2D eigenvalue weighted by molar-refractivity contribution is 7.99. The van der Waals surface area contributed by atoms with Crippen LogP contribution in [0.25, 0.3) is 5.78 Å². The van der Waals surface area contributed by atoms with Gasteiger partial charge in [-0.3, -0.25) is 18.8 Å². The predicted molar refractivity (Wildman–Crippen MR) is 126 cm³/mol. The number of aryl methyl sites for hydroxylation is 2. The van der Waals surface area contributed by atoms with Gasteiger partial charge in [0.1, 0.15) is 11.8 Å². The summed E-state index contributed by atoms with van der Waals surface area (Å²) in [5.74, 6) is 0.226. The van der Waals surface area contributed by atoms with Crippen molar-refractivity contribution < 1.29 is 19.1 Å². The highest BCUT2D eigenvalue weighted by Gasteiger charge is 2.34. The fraction of sp³-hybridized carbons (Fsp3) is 0.364. The van der Waals surface area contributed by atoms with Crippen molar-refractivity contribution >= 4 is 40.9 Å². The van der Waals surface area contributed by atoms with Crippen molar-refractivity contribution in [3.05, 3.63) is 41.7 Å². The SMILES string of the molecule is COc1ccc(NC(=O)CC2C(=O)NCCN2C(=O)CSc2nnc3nc(C)cc(C)n23)cc1. The largest absolute Gasteiger partial charge is 0.497 e. The molecule has 2 N–H and O–H groups in total. The second-order valence-electron chi connectivity index (χ2n) is 7.82. The number of methoxy groups -OCH3 is 1. The van der Waals surface area contributed by atoms with E-state index in [1.165, 1.54) is 16.7 Å². The first-order valence-electron chi connectivity index (χ1n) is 10.7. The predicted octanol–water partition coefficient (Wildman–Crippen LogP) is 1.20. The molecule has 1 fully saturated rings. The molecule has 34 heavy (non-hydrogen) atoms. The van der Waals surface area contributed by atoms with Gasteiger partial charge in [-0.05, 0) is 44.2 Å². The first-order valence-corrected chi connectivity index (χ1v) is 11.7. The van der Waals surface area contributed by atoms with Crippen LogP contribution in [0.15, 0.2) is 35.5 Å². The van der Waals surface area contributed by atoms with Crippen molar-refractivity contribution in [2.24, 2.45) is 0 Å². The van der Waals surface area contributed by atoms with Crippen molar-refractivity contribution in [2.75, 3.05) is 31.3 Å². The van der Waals surface area contributed by atoms with Crippen LogP contribution in [-0.4, -0.2) is 74.2 Å². The van der Waals surface area contributed by atoms with E-state index in [2.05, 4.69) is 25.8 Å². The molecule has 12 heteroatoms. The standard InChI is InChI=1S/C22H25N7O4S/c1-13-10-14(2)29-21(24-13)26-27-22(29)34-12-19(31)28-9-8-23-20(32)17(28)11-18(30)25-15-4-6-16(33-3)7-5-15/h4-7,10,17H,8-9,11-12H2,1-3H3,(H,23,32)(H,25,30). The van der Waals surface area contributed by atoms with Crippen molar-refractivity contribution in [1.29, 1.82) is 0 Å². The van der Waals surface area contributed by atoms with E-state index < -0.39 is 6.04 Å². The lowest BCUT2D eigenvalue weighted by molar-refractivity contribution is -0.142. The lowest BCUT2D eigenvalue weighted by Crippen LogP contribution is -2.58. The minimum Gasteiger partial charge on any atom is -0.497 e. The maximum atomic E-state index is 13.0. The molecule has 3 aromatic rings. The molecule has 1 unspecified atom stereocenters. The first kappa shape index (κ1) is 23.5. The van der Waals surface area contributed by atoms with Crippen LogP contribution in [0, 0.1) is 13.8 Å². The third-order valence-electron chi connectivity index (χ3n) is 5.39. The van der Waals surface area contributed by atoms with Gasteiger partial charge in [-0.15, -0.1) is 10.2 Å².